The van der Waals surface area contributed by atoms with Crippen LogP contribution in [0.5, 0.6) is 6.01 Å². The smallest absolute Gasteiger partial charge is 0.318 e. The highest BCUT2D eigenvalue weighted by Crippen LogP contribution is 2.37. The summed E-state index contributed by atoms with van der Waals surface area (Å²) >= 11 is 6.51. The second kappa shape index (κ2) is 11.4. The van der Waals surface area contributed by atoms with Gasteiger partial charge < -0.3 is 23.8 Å². The molecule has 3 aromatic heterocycles. The Bertz CT molecular complexity index is 1920. The minimum Gasteiger partial charge on any atom is -0.467 e. The van der Waals surface area contributed by atoms with E-state index in [1.165, 1.54) is 19.3 Å². The molecule has 11 nitrogen and oxygen atoms in total. The summed E-state index contributed by atoms with van der Waals surface area (Å²) in [6.45, 7) is 2.84. The maximum Gasteiger partial charge on any atom is 0.318 e. The third kappa shape index (κ3) is 5.09. The largest absolute Gasteiger partial charge is 0.467 e. The van der Waals surface area contributed by atoms with Gasteiger partial charge in [-0.05, 0) is 11.5 Å². The molecule has 0 radical (unpaired) electrons. The first kappa shape index (κ1) is 28.1. The van der Waals surface area contributed by atoms with Gasteiger partial charge in [0, 0.05) is 66.9 Å². The standard InChI is InChI=1S/C31H27ClFN7O4/c1-39(12-17-13-40(14-17)24(41)10-9-23-35-29(38-44-23)19-15-43-16-19)30-21-11-34-27(26(33)28(21)36-31(37-30)42-2)20-7-3-5-18-6-4-8-22(32)25(18)20/h3-11,17,19H,12-16H2,1-2H3/b10-9+. The minimum atomic E-state index is -0.591. The Labute approximate surface area is 256 Å². The Morgan fingerprint density at radius 1 is 1.18 bits per heavy atom. The molecule has 7 rings (SSSR count). The van der Waals surface area contributed by atoms with Crippen molar-refractivity contribution in [1.29, 1.82) is 0 Å². The molecule has 0 N–H and O–H groups in total. The molecule has 2 aliphatic rings. The van der Waals surface area contributed by atoms with Crippen LogP contribution >= 0.6 is 11.6 Å². The summed E-state index contributed by atoms with van der Waals surface area (Å²) in [5, 5.41) is 6.49. The lowest BCUT2D eigenvalue weighted by molar-refractivity contribution is -0.131. The SMILES string of the molecule is COc1nc(N(C)CC2CN(C(=O)/C=C/c3nc(C4COC4)no3)C2)c2cnc(-c3cccc4cccc(Cl)c34)c(F)c2n1. The van der Waals surface area contributed by atoms with E-state index < -0.39 is 5.82 Å². The van der Waals surface area contributed by atoms with Gasteiger partial charge in [-0.15, -0.1) is 0 Å². The van der Waals surface area contributed by atoms with Gasteiger partial charge in [0.05, 0.1) is 31.6 Å². The highest BCUT2D eigenvalue weighted by Gasteiger charge is 2.32. The molecule has 2 aromatic carbocycles. The summed E-state index contributed by atoms with van der Waals surface area (Å²) in [5.41, 5.74) is 0.804. The molecule has 224 valence electrons. The molecule has 0 atom stereocenters. The maximum absolute atomic E-state index is 16.2. The molecular formula is C31H27ClFN7O4. The summed E-state index contributed by atoms with van der Waals surface area (Å²) in [4.78, 5) is 34.0. The average Bonchev–Trinajstić information content (AvgIpc) is 3.44. The fourth-order valence-corrected chi connectivity index (χ4v) is 5.82. The second-order valence-corrected chi connectivity index (χ2v) is 11.3. The Kier molecular flexibility index (Phi) is 7.31. The molecule has 13 heteroatoms. The van der Waals surface area contributed by atoms with E-state index in [-0.39, 0.29) is 40.9 Å². The van der Waals surface area contributed by atoms with E-state index in [4.69, 9.17) is 25.6 Å². The van der Waals surface area contributed by atoms with E-state index in [0.717, 1.165) is 5.39 Å². The number of hydrogen-bond donors (Lipinski definition) is 0. The zero-order valence-corrected chi connectivity index (χ0v) is 24.7. The van der Waals surface area contributed by atoms with Gasteiger partial charge in [0.15, 0.2) is 11.6 Å². The number of aromatic nitrogens is 5. The molecule has 2 fully saturated rings. The van der Waals surface area contributed by atoms with Crippen LogP contribution in [-0.2, 0) is 9.53 Å². The number of methoxy groups -OCH3 is 1. The van der Waals surface area contributed by atoms with Crippen LogP contribution in [0.4, 0.5) is 10.2 Å². The molecule has 0 spiro atoms. The number of ether oxygens (including phenoxy) is 2. The lowest BCUT2D eigenvalue weighted by Gasteiger charge is -2.40. The van der Waals surface area contributed by atoms with Gasteiger partial charge in [0.25, 0.3) is 5.89 Å². The summed E-state index contributed by atoms with van der Waals surface area (Å²) in [6.07, 6.45) is 4.54. The minimum absolute atomic E-state index is 0.0379. The first-order valence-electron chi connectivity index (χ1n) is 14.1. The van der Waals surface area contributed by atoms with Crippen molar-refractivity contribution >= 4 is 51.1 Å². The number of benzene rings is 2. The van der Waals surface area contributed by atoms with Crippen LogP contribution in [0.3, 0.4) is 0 Å². The third-order valence-corrected chi connectivity index (χ3v) is 8.24. The number of likely N-dealkylation sites (tertiary alicyclic amines) is 1. The van der Waals surface area contributed by atoms with E-state index in [1.807, 2.05) is 36.2 Å². The Morgan fingerprint density at radius 3 is 2.73 bits per heavy atom. The van der Waals surface area contributed by atoms with E-state index in [1.54, 1.807) is 23.2 Å². The van der Waals surface area contributed by atoms with Gasteiger partial charge in [0.2, 0.25) is 5.91 Å². The fourth-order valence-electron chi connectivity index (χ4n) is 5.54. The van der Waals surface area contributed by atoms with Crippen molar-refractivity contribution < 1.29 is 23.2 Å². The van der Waals surface area contributed by atoms with E-state index in [0.29, 0.717) is 65.8 Å². The number of amides is 1. The third-order valence-electron chi connectivity index (χ3n) is 7.93. The zero-order chi connectivity index (χ0) is 30.4. The molecule has 0 unspecified atom stereocenters. The molecule has 5 heterocycles. The van der Waals surface area contributed by atoms with E-state index in [9.17, 15) is 4.79 Å². The normalized spacial score (nSPS) is 15.6. The van der Waals surface area contributed by atoms with Crippen molar-refractivity contribution in [2.45, 2.75) is 5.92 Å². The molecule has 5 aromatic rings. The summed E-state index contributed by atoms with van der Waals surface area (Å²) in [6, 6.07) is 11.1. The lowest BCUT2D eigenvalue weighted by Crippen LogP contribution is -2.53. The van der Waals surface area contributed by atoms with Crippen molar-refractivity contribution in [2.75, 3.05) is 51.9 Å². The molecule has 44 heavy (non-hydrogen) atoms. The van der Waals surface area contributed by atoms with Gasteiger partial charge in [-0.25, -0.2) is 4.39 Å². The van der Waals surface area contributed by atoms with Crippen LogP contribution < -0.4 is 9.64 Å². The number of fused-ring (bicyclic) bond motifs is 2. The lowest BCUT2D eigenvalue weighted by atomic mass is 9.99. The molecule has 2 saturated heterocycles. The Hall–Kier alpha value is -4.68. The molecular weight excluding hydrogens is 589 g/mol. The van der Waals surface area contributed by atoms with Crippen molar-refractivity contribution in [3.63, 3.8) is 0 Å². The second-order valence-electron chi connectivity index (χ2n) is 10.9. The molecule has 0 aliphatic carbocycles. The van der Waals surface area contributed by atoms with Crippen LogP contribution in [0.15, 0.2) is 53.2 Å². The number of rotatable bonds is 8. The first-order valence-corrected chi connectivity index (χ1v) is 14.4. The molecule has 1 amide bonds. The van der Waals surface area contributed by atoms with Gasteiger partial charge in [-0.3, -0.25) is 9.78 Å². The zero-order valence-electron chi connectivity index (χ0n) is 23.9. The Morgan fingerprint density at radius 2 is 1.98 bits per heavy atom. The maximum atomic E-state index is 16.2. The van der Waals surface area contributed by atoms with E-state index >= 15 is 4.39 Å². The van der Waals surface area contributed by atoms with Crippen LogP contribution in [0, 0.1) is 11.7 Å². The quantitative estimate of drug-likeness (QED) is 0.226. The van der Waals surface area contributed by atoms with Crippen molar-refractivity contribution in [3.05, 3.63) is 71.2 Å². The van der Waals surface area contributed by atoms with Gasteiger partial charge in [0.1, 0.15) is 17.0 Å². The number of nitrogens with zero attached hydrogens (tertiary/aromatic N) is 7. The number of pyridine rings is 1. The predicted octanol–water partition coefficient (Wildman–Crippen LogP) is 4.75. The van der Waals surface area contributed by atoms with Gasteiger partial charge in [-0.2, -0.15) is 15.0 Å². The number of anilines is 1. The fraction of sp³-hybridized carbons (Fsp3) is 0.290. The first-order chi connectivity index (χ1) is 21.4. The highest BCUT2D eigenvalue weighted by molar-refractivity contribution is 6.36. The van der Waals surface area contributed by atoms with Crippen molar-refractivity contribution in [1.82, 2.24) is 30.0 Å². The average molecular weight is 616 g/mol. The molecule has 2 aliphatic heterocycles. The molecule has 0 bridgehead atoms. The topological polar surface area (TPSA) is 120 Å². The van der Waals surface area contributed by atoms with Crippen LogP contribution in [0.1, 0.15) is 17.6 Å². The van der Waals surface area contributed by atoms with Crippen LogP contribution in [-0.4, -0.2) is 82.9 Å². The number of hydrogen-bond acceptors (Lipinski definition) is 10. The van der Waals surface area contributed by atoms with Gasteiger partial charge in [-0.1, -0.05) is 47.1 Å². The van der Waals surface area contributed by atoms with E-state index in [2.05, 4.69) is 25.1 Å². The summed E-state index contributed by atoms with van der Waals surface area (Å²) in [7, 11) is 3.30. The summed E-state index contributed by atoms with van der Waals surface area (Å²) < 4.78 is 31.9. The number of carbonyl (C=O) groups excluding carboxylic acids is 1. The van der Waals surface area contributed by atoms with Crippen molar-refractivity contribution in [3.8, 4) is 17.3 Å². The van der Waals surface area contributed by atoms with Crippen LogP contribution in [0.25, 0.3) is 39.0 Å². The number of carbonyl (C=O) groups is 1. The Balaban J connectivity index is 1.08. The highest BCUT2D eigenvalue weighted by atomic mass is 35.5. The molecule has 0 saturated carbocycles. The monoisotopic (exact) mass is 615 g/mol. The predicted molar refractivity (Wildman–Crippen MR) is 162 cm³/mol. The number of halogens is 2. The van der Waals surface area contributed by atoms with Gasteiger partial charge >= 0.3 is 6.01 Å². The summed E-state index contributed by atoms with van der Waals surface area (Å²) in [5.74, 6) is 0.951. The van der Waals surface area contributed by atoms with Crippen molar-refractivity contribution in [2.24, 2.45) is 5.92 Å². The van der Waals surface area contributed by atoms with Crippen LogP contribution in [0.2, 0.25) is 5.02 Å².